The Morgan fingerprint density at radius 1 is 1.20 bits per heavy atom. The van der Waals surface area contributed by atoms with E-state index in [1.165, 1.54) is 4.90 Å². The SMILES string of the molecule is N#Cc1ncccc1-c1cccc(CNCC[C@H]2CN(c3ccc4c(n3)NC(=O)CO4)C(=O)O2)c1. The molecule has 2 aliphatic heterocycles. The number of carbonyl (C=O) groups excluding carboxylic acids is 2. The molecule has 0 radical (unpaired) electrons. The number of rotatable bonds is 7. The van der Waals surface area contributed by atoms with Crippen molar-refractivity contribution in [2.24, 2.45) is 0 Å². The quantitative estimate of drug-likeness (QED) is 0.504. The third-order valence-electron chi connectivity index (χ3n) is 5.73. The molecule has 1 aromatic carbocycles. The number of carbonyl (C=O) groups is 2. The minimum atomic E-state index is -0.469. The second-order valence-electron chi connectivity index (χ2n) is 8.15. The average Bonchev–Trinajstić information content (AvgIpc) is 3.26. The number of nitrogens with one attached hydrogen (secondary N) is 2. The first-order valence-electron chi connectivity index (χ1n) is 11.2. The van der Waals surface area contributed by atoms with Gasteiger partial charge in [-0.05, 0) is 54.4 Å². The molecule has 0 spiro atoms. The molecule has 176 valence electrons. The molecule has 2 amide bonds. The number of amides is 2. The zero-order chi connectivity index (χ0) is 24.2. The van der Waals surface area contributed by atoms with Gasteiger partial charge in [0.05, 0.1) is 6.54 Å². The van der Waals surface area contributed by atoms with Crippen LogP contribution in [0.15, 0.2) is 54.7 Å². The first kappa shape index (κ1) is 22.3. The molecule has 5 rings (SSSR count). The molecule has 35 heavy (non-hydrogen) atoms. The number of nitriles is 1. The Morgan fingerprint density at radius 3 is 3.00 bits per heavy atom. The van der Waals surface area contributed by atoms with Crippen molar-refractivity contribution >= 4 is 23.6 Å². The zero-order valence-electron chi connectivity index (χ0n) is 18.7. The summed E-state index contributed by atoms with van der Waals surface area (Å²) in [6, 6.07) is 17.1. The predicted molar refractivity (Wildman–Crippen MR) is 127 cm³/mol. The van der Waals surface area contributed by atoms with Gasteiger partial charge in [-0.15, -0.1) is 0 Å². The first-order chi connectivity index (χ1) is 17.1. The monoisotopic (exact) mass is 470 g/mol. The van der Waals surface area contributed by atoms with E-state index >= 15 is 0 Å². The fraction of sp³-hybridized carbons (Fsp3) is 0.240. The molecule has 0 saturated carbocycles. The number of hydrogen-bond acceptors (Lipinski definition) is 8. The molecule has 4 heterocycles. The molecule has 2 N–H and O–H groups in total. The highest BCUT2D eigenvalue weighted by molar-refractivity contribution is 5.95. The van der Waals surface area contributed by atoms with Crippen molar-refractivity contribution in [1.82, 2.24) is 15.3 Å². The van der Waals surface area contributed by atoms with Gasteiger partial charge < -0.3 is 20.1 Å². The van der Waals surface area contributed by atoms with Crippen molar-refractivity contribution in [3.05, 3.63) is 66.0 Å². The number of cyclic esters (lactones) is 1. The normalized spacial score (nSPS) is 16.7. The van der Waals surface area contributed by atoms with Crippen LogP contribution in [0.1, 0.15) is 17.7 Å². The molecule has 0 aliphatic carbocycles. The van der Waals surface area contributed by atoms with Crippen LogP contribution in [0, 0.1) is 11.3 Å². The fourth-order valence-corrected chi connectivity index (χ4v) is 4.03. The van der Waals surface area contributed by atoms with Crippen LogP contribution in [0.3, 0.4) is 0 Å². The van der Waals surface area contributed by atoms with Gasteiger partial charge in [0, 0.05) is 18.3 Å². The molecule has 2 aromatic heterocycles. The lowest BCUT2D eigenvalue weighted by atomic mass is 10.0. The molecular weight excluding hydrogens is 448 g/mol. The Balaban J connectivity index is 1.14. The number of anilines is 2. The fourth-order valence-electron chi connectivity index (χ4n) is 4.03. The van der Waals surface area contributed by atoms with Gasteiger partial charge in [-0.25, -0.2) is 14.8 Å². The molecule has 0 bridgehead atoms. The highest BCUT2D eigenvalue weighted by Gasteiger charge is 2.33. The molecule has 1 saturated heterocycles. The van der Waals surface area contributed by atoms with Gasteiger partial charge in [0.25, 0.3) is 5.91 Å². The number of aromatic nitrogens is 2. The van der Waals surface area contributed by atoms with E-state index in [2.05, 4.69) is 26.7 Å². The summed E-state index contributed by atoms with van der Waals surface area (Å²) in [5, 5.41) is 15.3. The molecule has 2 aliphatic rings. The van der Waals surface area contributed by atoms with E-state index < -0.39 is 6.09 Å². The van der Waals surface area contributed by atoms with Crippen molar-refractivity contribution < 1.29 is 19.1 Å². The minimum absolute atomic E-state index is 0.0521. The topological polar surface area (TPSA) is 129 Å². The summed E-state index contributed by atoms with van der Waals surface area (Å²) in [6.45, 7) is 1.60. The van der Waals surface area contributed by atoms with Crippen LogP contribution < -0.4 is 20.3 Å². The van der Waals surface area contributed by atoms with Gasteiger partial charge in [-0.3, -0.25) is 9.69 Å². The van der Waals surface area contributed by atoms with E-state index in [0.717, 1.165) is 16.7 Å². The van der Waals surface area contributed by atoms with Crippen LogP contribution in [0.4, 0.5) is 16.4 Å². The van der Waals surface area contributed by atoms with Crippen molar-refractivity contribution in [1.29, 1.82) is 5.26 Å². The Morgan fingerprint density at radius 2 is 2.11 bits per heavy atom. The number of hydrogen-bond donors (Lipinski definition) is 2. The summed E-state index contributed by atoms with van der Waals surface area (Å²) < 4.78 is 10.8. The van der Waals surface area contributed by atoms with E-state index in [1.54, 1.807) is 18.3 Å². The van der Waals surface area contributed by atoms with Gasteiger partial charge in [0.15, 0.2) is 18.2 Å². The maximum atomic E-state index is 12.4. The number of pyridine rings is 2. The molecule has 3 aromatic rings. The Hall–Kier alpha value is -4.49. The van der Waals surface area contributed by atoms with E-state index in [-0.39, 0.29) is 18.6 Å². The van der Waals surface area contributed by atoms with Crippen molar-refractivity contribution in [3.63, 3.8) is 0 Å². The molecular formula is C25H22N6O4. The highest BCUT2D eigenvalue weighted by Crippen LogP contribution is 2.30. The van der Waals surface area contributed by atoms with Gasteiger partial charge in [-0.1, -0.05) is 18.2 Å². The molecule has 1 fully saturated rings. The Labute approximate surface area is 201 Å². The standard InChI is InChI=1S/C25H22N6O4/c26-12-20-19(5-2-9-28-20)17-4-1-3-16(11-17)13-27-10-8-18-14-31(25(33)35-18)22-7-6-21-24(29-22)30-23(32)15-34-21/h1-7,9,11,18,27H,8,10,13-15H2,(H,29,30,32)/t18-/m0/s1. The van der Waals surface area contributed by atoms with Crippen LogP contribution in [0.25, 0.3) is 11.1 Å². The summed E-state index contributed by atoms with van der Waals surface area (Å²) >= 11 is 0. The maximum Gasteiger partial charge on any atom is 0.415 e. The summed E-state index contributed by atoms with van der Waals surface area (Å²) in [5.74, 6) is 0.885. The largest absolute Gasteiger partial charge is 0.480 e. The predicted octanol–water partition coefficient (Wildman–Crippen LogP) is 2.85. The lowest BCUT2D eigenvalue weighted by molar-refractivity contribution is -0.118. The van der Waals surface area contributed by atoms with Gasteiger partial charge in [0.1, 0.15) is 23.7 Å². The number of fused-ring (bicyclic) bond motifs is 1. The Kier molecular flexibility index (Phi) is 6.24. The van der Waals surface area contributed by atoms with Gasteiger partial charge in [0.2, 0.25) is 0 Å². The lowest BCUT2D eigenvalue weighted by Crippen LogP contribution is -2.29. The number of ether oxygens (including phenoxy) is 2. The third-order valence-corrected chi connectivity index (χ3v) is 5.73. The van der Waals surface area contributed by atoms with Crippen LogP contribution in [0.5, 0.6) is 5.75 Å². The second-order valence-corrected chi connectivity index (χ2v) is 8.15. The van der Waals surface area contributed by atoms with Crippen molar-refractivity contribution in [2.75, 3.05) is 29.9 Å². The number of nitrogens with zero attached hydrogens (tertiary/aromatic N) is 4. The summed E-state index contributed by atoms with van der Waals surface area (Å²) in [7, 11) is 0. The van der Waals surface area contributed by atoms with Gasteiger partial charge in [-0.2, -0.15) is 5.26 Å². The summed E-state index contributed by atoms with van der Waals surface area (Å²) in [5.41, 5.74) is 3.21. The smallest absolute Gasteiger partial charge is 0.415 e. The third kappa shape index (κ3) is 4.90. The molecule has 10 nitrogen and oxygen atoms in total. The highest BCUT2D eigenvalue weighted by atomic mass is 16.6. The van der Waals surface area contributed by atoms with E-state index in [0.29, 0.717) is 49.1 Å². The maximum absolute atomic E-state index is 12.4. The van der Waals surface area contributed by atoms with Crippen LogP contribution in [-0.4, -0.2) is 47.8 Å². The lowest BCUT2D eigenvalue weighted by Gasteiger charge is -2.19. The van der Waals surface area contributed by atoms with Crippen molar-refractivity contribution in [2.45, 2.75) is 19.1 Å². The van der Waals surface area contributed by atoms with Crippen LogP contribution in [-0.2, 0) is 16.1 Å². The van der Waals surface area contributed by atoms with E-state index in [9.17, 15) is 14.9 Å². The van der Waals surface area contributed by atoms with E-state index in [4.69, 9.17) is 9.47 Å². The zero-order valence-corrected chi connectivity index (χ0v) is 18.7. The molecule has 1 atom stereocenters. The van der Waals surface area contributed by atoms with Gasteiger partial charge >= 0.3 is 6.09 Å². The first-order valence-corrected chi connectivity index (χ1v) is 11.2. The Bertz CT molecular complexity index is 1320. The van der Waals surface area contributed by atoms with Crippen LogP contribution >= 0.6 is 0 Å². The summed E-state index contributed by atoms with van der Waals surface area (Å²) in [4.78, 5) is 33.9. The minimum Gasteiger partial charge on any atom is -0.480 e. The molecule has 0 unspecified atom stereocenters. The van der Waals surface area contributed by atoms with Crippen molar-refractivity contribution in [3.8, 4) is 22.9 Å². The average molecular weight is 470 g/mol. The second kappa shape index (κ2) is 9.79. The molecule has 10 heteroatoms. The summed E-state index contributed by atoms with van der Waals surface area (Å²) in [6.07, 6.45) is 1.49. The van der Waals surface area contributed by atoms with E-state index in [1.807, 2.05) is 36.4 Å². The van der Waals surface area contributed by atoms with Crippen LogP contribution in [0.2, 0.25) is 0 Å². The number of benzene rings is 1.